The van der Waals surface area contributed by atoms with Gasteiger partial charge in [-0.15, -0.1) is 0 Å². The lowest BCUT2D eigenvalue weighted by atomic mass is 10.1. The fourth-order valence-corrected chi connectivity index (χ4v) is 2.03. The van der Waals surface area contributed by atoms with Gasteiger partial charge in [0.25, 0.3) is 0 Å². The maximum atomic E-state index is 5.99. The van der Waals surface area contributed by atoms with Crippen molar-refractivity contribution in [2.75, 3.05) is 6.54 Å². The quantitative estimate of drug-likeness (QED) is 0.854. The fraction of sp³-hybridized carbons (Fsp3) is 0.154. The van der Waals surface area contributed by atoms with Crippen molar-refractivity contribution in [2.24, 2.45) is 5.73 Å². The van der Waals surface area contributed by atoms with Crippen LogP contribution in [0.2, 0.25) is 15.2 Å². The van der Waals surface area contributed by atoms with E-state index in [1.807, 2.05) is 24.3 Å². The van der Waals surface area contributed by atoms with Crippen molar-refractivity contribution >= 4 is 34.8 Å². The third-order valence-corrected chi connectivity index (χ3v) is 3.37. The van der Waals surface area contributed by atoms with Crippen LogP contribution in [0.1, 0.15) is 5.56 Å². The highest BCUT2D eigenvalue weighted by Crippen LogP contribution is 2.33. The molecule has 6 heteroatoms. The lowest BCUT2D eigenvalue weighted by Crippen LogP contribution is -2.02. The SMILES string of the molecule is NCCc1ccc(Oc2nc(Cl)c(Cl)cc2Cl)cc1. The molecule has 2 aromatic rings. The molecule has 0 atom stereocenters. The molecule has 0 aliphatic rings. The minimum atomic E-state index is 0.154. The molecular formula is C13H11Cl3N2O. The molecule has 0 radical (unpaired) electrons. The summed E-state index contributed by atoms with van der Waals surface area (Å²) in [6, 6.07) is 9.02. The number of hydrogen-bond acceptors (Lipinski definition) is 3. The van der Waals surface area contributed by atoms with Crippen LogP contribution in [0.25, 0.3) is 0 Å². The molecule has 0 bridgehead atoms. The van der Waals surface area contributed by atoms with Crippen LogP contribution in [-0.2, 0) is 6.42 Å². The first kappa shape index (κ1) is 14.4. The van der Waals surface area contributed by atoms with Gasteiger partial charge in [0.2, 0.25) is 5.88 Å². The lowest BCUT2D eigenvalue weighted by molar-refractivity contribution is 0.463. The van der Waals surface area contributed by atoms with Crippen molar-refractivity contribution in [3.63, 3.8) is 0 Å². The van der Waals surface area contributed by atoms with Crippen LogP contribution in [0.15, 0.2) is 30.3 Å². The molecule has 0 saturated carbocycles. The molecule has 19 heavy (non-hydrogen) atoms. The molecule has 0 aliphatic heterocycles. The smallest absolute Gasteiger partial charge is 0.239 e. The third kappa shape index (κ3) is 3.74. The highest BCUT2D eigenvalue weighted by Gasteiger charge is 2.10. The maximum absolute atomic E-state index is 5.99. The van der Waals surface area contributed by atoms with Crippen LogP contribution in [0.3, 0.4) is 0 Å². The van der Waals surface area contributed by atoms with E-state index in [1.165, 1.54) is 6.07 Å². The second-order valence-corrected chi connectivity index (χ2v) is 5.01. The lowest BCUT2D eigenvalue weighted by Gasteiger charge is -2.08. The van der Waals surface area contributed by atoms with Crippen LogP contribution >= 0.6 is 34.8 Å². The average molecular weight is 318 g/mol. The minimum absolute atomic E-state index is 0.154. The Hall–Kier alpha value is -1.00. The number of pyridine rings is 1. The molecule has 1 heterocycles. The highest BCUT2D eigenvalue weighted by molar-refractivity contribution is 6.42. The van der Waals surface area contributed by atoms with Crippen molar-refractivity contribution in [1.82, 2.24) is 4.98 Å². The van der Waals surface area contributed by atoms with E-state index in [4.69, 9.17) is 45.3 Å². The Bertz CT molecular complexity index is 573. The van der Waals surface area contributed by atoms with Gasteiger partial charge in [-0.2, -0.15) is 4.98 Å². The molecule has 0 spiro atoms. The molecule has 0 unspecified atom stereocenters. The fourth-order valence-electron chi connectivity index (χ4n) is 1.50. The maximum Gasteiger partial charge on any atom is 0.239 e. The van der Waals surface area contributed by atoms with Gasteiger partial charge in [-0.25, -0.2) is 0 Å². The molecule has 2 rings (SSSR count). The van der Waals surface area contributed by atoms with E-state index < -0.39 is 0 Å². The number of halogens is 3. The summed E-state index contributed by atoms with van der Waals surface area (Å²) in [5.74, 6) is 0.844. The number of aromatic nitrogens is 1. The monoisotopic (exact) mass is 316 g/mol. The van der Waals surface area contributed by atoms with E-state index >= 15 is 0 Å². The predicted octanol–water partition coefficient (Wildman–Crippen LogP) is 4.34. The summed E-state index contributed by atoms with van der Waals surface area (Å²) in [5, 5.41) is 0.749. The summed E-state index contributed by atoms with van der Waals surface area (Å²) in [6.45, 7) is 0.611. The topological polar surface area (TPSA) is 48.1 Å². The van der Waals surface area contributed by atoms with Gasteiger partial charge in [0, 0.05) is 0 Å². The van der Waals surface area contributed by atoms with E-state index in [0.29, 0.717) is 17.3 Å². The van der Waals surface area contributed by atoms with Crippen LogP contribution in [0.4, 0.5) is 0 Å². The zero-order valence-corrected chi connectivity index (χ0v) is 12.1. The standard InChI is InChI=1S/C13H11Cl3N2O/c14-10-7-11(15)13(18-12(10)16)19-9-3-1-8(2-4-9)5-6-17/h1-4,7H,5-6,17H2. The Morgan fingerprint density at radius 2 is 1.74 bits per heavy atom. The highest BCUT2D eigenvalue weighted by atomic mass is 35.5. The molecule has 1 aromatic heterocycles. The van der Waals surface area contributed by atoms with Gasteiger partial charge in [-0.1, -0.05) is 46.9 Å². The summed E-state index contributed by atoms with van der Waals surface area (Å²) in [7, 11) is 0. The van der Waals surface area contributed by atoms with Crippen LogP contribution in [0.5, 0.6) is 11.6 Å². The second kappa shape index (κ2) is 6.44. The minimum Gasteiger partial charge on any atom is -0.437 e. The Morgan fingerprint density at radius 3 is 2.37 bits per heavy atom. The first-order valence-electron chi connectivity index (χ1n) is 5.58. The van der Waals surface area contributed by atoms with Crippen molar-refractivity contribution < 1.29 is 4.74 Å². The Kier molecular flexibility index (Phi) is 4.88. The second-order valence-electron chi connectivity index (χ2n) is 3.83. The first-order valence-corrected chi connectivity index (χ1v) is 6.72. The van der Waals surface area contributed by atoms with Gasteiger partial charge in [-0.05, 0) is 36.7 Å². The zero-order valence-electron chi connectivity index (χ0n) is 9.87. The molecule has 0 amide bonds. The third-order valence-electron chi connectivity index (χ3n) is 2.43. The van der Waals surface area contributed by atoms with Crippen molar-refractivity contribution in [3.05, 3.63) is 51.1 Å². The number of nitrogens with two attached hydrogens (primary N) is 1. The summed E-state index contributed by atoms with van der Waals surface area (Å²) >= 11 is 17.6. The predicted molar refractivity (Wildman–Crippen MR) is 78.5 cm³/mol. The normalized spacial score (nSPS) is 10.5. The Morgan fingerprint density at radius 1 is 1.05 bits per heavy atom. The van der Waals surface area contributed by atoms with Crippen LogP contribution in [0, 0.1) is 0 Å². The van der Waals surface area contributed by atoms with E-state index in [1.54, 1.807) is 0 Å². The molecule has 1 aromatic carbocycles. The molecule has 0 saturated heterocycles. The summed E-state index contributed by atoms with van der Waals surface area (Å²) in [4.78, 5) is 3.99. The summed E-state index contributed by atoms with van der Waals surface area (Å²) < 4.78 is 5.56. The van der Waals surface area contributed by atoms with E-state index in [0.717, 1.165) is 12.0 Å². The Balaban J connectivity index is 2.19. The molecule has 100 valence electrons. The van der Waals surface area contributed by atoms with Gasteiger partial charge in [0.15, 0.2) is 5.15 Å². The molecule has 3 nitrogen and oxygen atoms in total. The number of nitrogens with zero attached hydrogens (tertiary/aromatic N) is 1. The van der Waals surface area contributed by atoms with E-state index in [2.05, 4.69) is 4.98 Å². The van der Waals surface area contributed by atoms with Crippen molar-refractivity contribution in [1.29, 1.82) is 0 Å². The van der Waals surface area contributed by atoms with Crippen LogP contribution < -0.4 is 10.5 Å². The molecule has 0 fully saturated rings. The zero-order chi connectivity index (χ0) is 13.8. The first-order chi connectivity index (χ1) is 9.10. The summed E-state index contributed by atoms with van der Waals surface area (Å²) in [6.07, 6.45) is 0.825. The number of benzene rings is 1. The van der Waals surface area contributed by atoms with Crippen molar-refractivity contribution in [3.8, 4) is 11.6 Å². The van der Waals surface area contributed by atoms with Gasteiger partial charge in [-0.3, -0.25) is 0 Å². The molecule has 2 N–H and O–H groups in total. The van der Waals surface area contributed by atoms with E-state index in [9.17, 15) is 0 Å². The number of ether oxygens (including phenoxy) is 1. The van der Waals surface area contributed by atoms with Gasteiger partial charge in [0.1, 0.15) is 10.8 Å². The number of hydrogen-bond donors (Lipinski definition) is 1. The van der Waals surface area contributed by atoms with E-state index in [-0.39, 0.29) is 16.1 Å². The van der Waals surface area contributed by atoms with Gasteiger partial charge in [0.05, 0.1) is 5.02 Å². The number of rotatable bonds is 4. The summed E-state index contributed by atoms with van der Waals surface area (Å²) in [5.41, 5.74) is 6.63. The van der Waals surface area contributed by atoms with Crippen LogP contribution in [-0.4, -0.2) is 11.5 Å². The van der Waals surface area contributed by atoms with Gasteiger partial charge >= 0.3 is 0 Å². The van der Waals surface area contributed by atoms with Gasteiger partial charge < -0.3 is 10.5 Å². The largest absolute Gasteiger partial charge is 0.437 e. The Labute approximate surface area is 126 Å². The molecular weight excluding hydrogens is 307 g/mol. The average Bonchev–Trinajstić information content (AvgIpc) is 2.38. The van der Waals surface area contributed by atoms with Crippen molar-refractivity contribution in [2.45, 2.75) is 6.42 Å². The molecule has 0 aliphatic carbocycles.